The van der Waals surface area contributed by atoms with Crippen molar-refractivity contribution in [1.29, 1.82) is 0 Å². The van der Waals surface area contributed by atoms with Crippen LogP contribution < -0.4 is 9.41 Å². The Hall–Kier alpha value is 0.0439. The van der Waals surface area contributed by atoms with Crippen LogP contribution in [0.1, 0.15) is 52.4 Å². The molecule has 7 heteroatoms. The third kappa shape index (κ3) is 7.01. The van der Waals surface area contributed by atoms with Gasteiger partial charge in [0.05, 0.1) is 0 Å². The molecule has 0 aromatic rings. The molecule has 31 heavy (non-hydrogen) atoms. The number of rotatable bonds is 4. The van der Waals surface area contributed by atoms with Crippen molar-refractivity contribution < 1.29 is 35.3 Å². The molecule has 0 N–H and O–H groups in total. The maximum atomic E-state index is 3.57. The maximum Gasteiger partial charge on any atom is 4.00 e. The number of hydrogen-bond donors (Lipinski definition) is 0. The van der Waals surface area contributed by atoms with E-state index in [0.29, 0.717) is 0 Å². The van der Waals surface area contributed by atoms with Gasteiger partial charge in [0, 0.05) is 0 Å². The van der Waals surface area contributed by atoms with E-state index in [4.69, 9.17) is 0 Å². The van der Waals surface area contributed by atoms with Crippen molar-refractivity contribution in [3.8, 4) is 0 Å². The maximum absolute atomic E-state index is 3.57. The van der Waals surface area contributed by atoms with Crippen LogP contribution in [0.4, 0.5) is 0 Å². The first-order chi connectivity index (χ1) is 13.2. The van der Waals surface area contributed by atoms with Gasteiger partial charge in [-0.3, -0.25) is 12.2 Å². The van der Waals surface area contributed by atoms with Crippen LogP contribution in [0.3, 0.4) is 0 Å². The van der Waals surface area contributed by atoms with Crippen molar-refractivity contribution in [2.24, 2.45) is 0 Å². The summed E-state index contributed by atoms with van der Waals surface area (Å²) in [6.07, 6.45) is 19.4. The van der Waals surface area contributed by atoms with E-state index >= 15 is 0 Å². The van der Waals surface area contributed by atoms with Crippen LogP contribution in [-0.2, 0) is 25.8 Å². The molecule has 0 radical (unpaired) electrons. The van der Waals surface area contributed by atoms with Gasteiger partial charge in [-0.1, -0.05) is 26.2 Å². The van der Waals surface area contributed by atoms with E-state index in [2.05, 4.69) is 73.5 Å². The van der Waals surface area contributed by atoms with E-state index in [1.54, 1.807) is 10.4 Å². The van der Waals surface area contributed by atoms with Gasteiger partial charge in [-0.15, -0.1) is 26.7 Å². The normalized spacial score (nSPS) is 21.6. The van der Waals surface area contributed by atoms with E-state index in [9.17, 15) is 0 Å². The van der Waals surface area contributed by atoms with E-state index in [1.165, 1.54) is 63.0 Å². The van der Waals surface area contributed by atoms with Gasteiger partial charge in [-0.2, -0.15) is 12.2 Å². The molecule has 0 atom stereocenters. The average Bonchev–Trinajstić information content (AvgIpc) is 3.42. The van der Waals surface area contributed by atoms with E-state index in [-0.39, 0.29) is 35.3 Å². The monoisotopic (exact) mass is 630 g/mol. The minimum Gasteiger partial charge on any atom is -1.00 e. The second-order valence-corrected chi connectivity index (χ2v) is 18.3. The molecule has 0 aromatic heterocycles. The van der Waals surface area contributed by atoms with Crippen molar-refractivity contribution in [1.82, 2.24) is 9.13 Å². The van der Waals surface area contributed by atoms with Crippen LogP contribution >= 0.6 is 0 Å². The Morgan fingerprint density at radius 1 is 0.645 bits per heavy atom. The number of allylic oxidation sites excluding steroid dienone is 8. The zero-order chi connectivity index (χ0) is 20.4. The van der Waals surface area contributed by atoms with Crippen LogP contribution in [0.15, 0.2) is 33.7 Å². The summed E-state index contributed by atoms with van der Waals surface area (Å²) in [6, 6.07) is 0. The molecule has 0 unspecified atom stereocenters. The summed E-state index contributed by atoms with van der Waals surface area (Å²) in [5, 5.41) is 3.14. The summed E-state index contributed by atoms with van der Waals surface area (Å²) in [7, 11) is -2.66. The third-order valence-corrected chi connectivity index (χ3v) is 14.8. The van der Waals surface area contributed by atoms with Gasteiger partial charge in [0.2, 0.25) is 0 Å². The Bertz CT molecular complexity index is 642. The summed E-state index contributed by atoms with van der Waals surface area (Å²) in [5.41, 5.74) is 2.99. The zero-order valence-corrected chi connectivity index (χ0v) is 26.0. The van der Waals surface area contributed by atoms with Crippen molar-refractivity contribution in [3.05, 3.63) is 45.8 Å². The van der Waals surface area contributed by atoms with Crippen LogP contribution in [-0.4, -0.2) is 51.8 Å². The van der Waals surface area contributed by atoms with Crippen LogP contribution in [0.5, 0.6) is 0 Å². The topological polar surface area (TPSA) is 6.48 Å². The fourth-order valence-electron chi connectivity index (χ4n) is 5.36. The summed E-state index contributed by atoms with van der Waals surface area (Å²) < 4.78 is 5.47. The molecule has 0 saturated carbocycles. The largest absolute Gasteiger partial charge is 4.00 e. The zero-order valence-electron chi connectivity index (χ0n) is 20.4. The van der Waals surface area contributed by atoms with Gasteiger partial charge in [0.15, 0.2) is 0 Å². The van der Waals surface area contributed by atoms with E-state index < -0.39 is 16.5 Å². The van der Waals surface area contributed by atoms with Crippen molar-refractivity contribution in [2.75, 3.05) is 26.2 Å². The molecular formula is C24H40F2HfN2Si2. The standard InChI is InChI=1S/2C12H20NSi.2FH.Hf/c2*1-11-7-6-8-12(11)14(2,3)13-9-4-5-10-13;;;/h2*7H,4-6,9-10H2,1-3H3;2*1H;/q2*-1;;;+4/p-2. The molecule has 172 valence electrons. The van der Waals surface area contributed by atoms with Crippen molar-refractivity contribution >= 4 is 16.5 Å². The quantitative estimate of drug-likeness (QED) is 0.315. The number of halogens is 2. The smallest absolute Gasteiger partial charge is 1.00 e. The molecule has 0 bridgehead atoms. The summed E-state index contributed by atoms with van der Waals surface area (Å²) >= 11 is 0. The Labute approximate surface area is 210 Å². The fourth-order valence-corrected chi connectivity index (χ4v) is 12.1. The van der Waals surface area contributed by atoms with Crippen molar-refractivity contribution in [3.63, 3.8) is 0 Å². The molecule has 2 aliphatic heterocycles. The molecule has 2 heterocycles. The first-order valence-corrected chi connectivity index (χ1v) is 17.2. The Balaban J connectivity index is 0.000000529. The third-order valence-electron chi connectivity index (χ3n) is 7.18. The first kappa shape index (κ1) is 31.0. The predicted molar refractivity (Wildman–Crippen MR) is 127 cm³/mol. The van der Waals surface area contributed by atoms with Gasteiger partial charge in [0.1, 0.15) is 16.5 Å². The molecule has 4 aliphatic rings. The van der Waals surface area contributed by atoms with E-state index in [0.717, 1.165) is 12.8 Å². The first-order valence-electron chi connectivity index (χ1n) is 11.3. The second-order valence-electron chi connectivity index (χ2n) is 9.79. The minimum absolute atomic E-state index is 0. The predicted octanol–water partition coefficient (Wildman–Crippen LogP) is -0.182. The number of hydrogen-bond acceptors (Lipinski definition) is 2. The van der Waals surface area contributed by atoms with Gasteiger partial charge < -0.3 is 18.5 Å². The summed E-state index contributed by atoms with van der Waals surface area (Å²) in [4.78, 5) is 0. The van der Waals surface area contributed by atoms with Crippen LogP contribution in [0.25, 0.3) is 0 Å². The fraction of sp³-hybridized carbons (Fsp3) is 0.667. The molecule has 0 spiro atoms. The second kappa shape index (κ2) is 13.1. The van der Waals surface area contributed by atoms with Gasteiger partial charge in [-0.25, -0.2) is 21.5 Å². The Morgan fingerprint density at radius 2 is 0.935 bits per heavy atom. The molecular weight excluding hydrogens is 589 g/mol. The molecule has 2 aliphatic carbocycles. The Morgan fingerprint density at radius 3 is 1.16 bits per heavy atom. The molecule has 2 fully saturated rings. The Kier molecular flexibility index (Phi) is 13.1. The van der Waals surface area contributed by atoms with Gasteiger partial charge >= 0.3 is 25.8 Å². The average molecular weight is 629 g/mol. The minimum atomic E-state index is -1.33. The van der Waals surface area contributed by atoms with E-state index in [1.807, 2.05) is 0 Å². The van der Waals surface area contributed by atoms with Crippen molar-refractivity contribution in [2.45, 2.75) is 78.6 Å². The van der Waals surface area contributed by atoms with Gasteiger partial charge in [-0.05, 0) is 51.9 Å². The van der Waals surface area contributed by atoms with Gasteiger partial charge in [0.25, 0.3) is 0 Å². The molecule has 2 nitrogen and oxygen atoms in total. The number of nitrogens with zero attached hydrogens (tertiary/aromatic N) is 2. The van der Waals surface area contributed by atoms with Crippen LogP contribution in [0.2, 0.25) is 26.2 Å². The SMILES string of the molecule is CC1=CC[C-]=C1[Si](C)(C)N1CCCC1.CC1=CC[C-]=C1[Si](C)(C)N1CCCC1.[F-].[F-].[Hf+4]. The molecule has 2 saturated heterocycles. The van der Waals surface area contributed by atoms with Crippen LogP contribution in [0, 0.1) is 12.2 Å². The molecule has 4 rings (SSSR count). The molecule has 0 amide bonds. The summed E-state index contributed by atoms with van der Waals surface area (Å²) in [6.45, 7) is 19.7. The summed E-state index contributed by atoms with van der Waals surface area (Å²) in [5.74, 6) is 0. The molecule has 0 aromatic carbocycles.